The molecular formula is C27H30N4O3. The minimum atomic E-state index is -0.505. The van der Waals surface area contributed by atoms with E-state index in [2.05, 4.69) is 16.0 Å². The van der Waals surface area contributed by atoms with E-state index >= 15 is 0 Å². The van der Waals surface area contributed by atoms with Crippen LogP contribution in [-0.2, 0) is 9.59 Å². The number of para-hydroxylation sites is 1. The van der Waals surface area contributed by atoms with Gasteiger partial charge in [-0.25, -0.2) is 0 Å². The summed E-state index contributed by atoms with van der Waals surface area (Å²) in [6, 6.07) is 23.4. The molecule has 0 saturated heterocycles. The second-order valence-corrected chi connectivity index (χ2v) is 8.97. The van der Waals surface area contributed by atoms with Crippen molar-refractivity contribution in [1.82, 2.24) is 0 Å². The van der Waals surface area contributed by atoms with Gasteiger partial charge in [0.25, 0.3) is 5.91 Å². The minimum Gasteiger partial charge on any atom is -0.376 e. The van der Waals surface area contributed by atoms with Gasteiger partial charge in [-0.05, 0) is 48.5 Å². The van der Waals surface area contributed by atoms with E-state index in [9.17, 15) is 14.4 Å². The summed E-state index contributed by atoms with van der Waals surface area (Å²) in [4.78, 5) is 39.1. The Hall–Kier alpha value is -4.13. The molecule has 0 bridgehead atoms. The fourth-order valence-corrected chi connectivity index (χ4v) is 3.11. The Morgan fingerprint density at radius 2 is 1.38 bits per heavy atom. The van der Waals surface area contributed by atoms with E-state index in [-0.39, 0.29) is 24.3 Å². The van der Waals surface area contributed by atoms with Gasteiger partial charge in [0, 0.05) is 40.8 Å². The maximum absolute atomic E-state index is 12.8. The number of benzene rings is 3. The Bertz CT molecular complexity index is 1170. The molecule has 0 aliphatic heterocycles. The van der Waals surface area contributed by atoms with Gasteiger partial charge in [0.05, 0.1) is 6.54 Å². The first-order valence-electron chi connectivity index (χ1n) is 11.0. The molecule has 3 aromatic carbocycles. The van der Waals surface area contributed by atoms with Crippen LogP contribution in [-0.4, -0.2) is 31.3 Å². The van der Waals surface area contributed by atoms with E-state index < -0.39 is 5.41 Å². The smallest absolute Gasteiger partial charge is 0.258 e. The first-order valence-corrected chi connectivity index (χ1v) is 11.0. The summed E-state index contributed by atoms with van der Waals surface area (Å²) in [5.41, 5.74) is 2.64. The van der Waals surface area contributed by atoms with Gasteiger partial charge in [-0.2, -0.15) is 0 Å². The Labute approximate surface area is 200 Å². The van der Waals surface area contributed by atoms with E-state index in [1.807, 2.05) is 57.2 Å². The van der Waals surface area contributed by atoms with Gasteiger partial charge in [0.1, 0.15) is 0 Å². The van der Waals surface area contributed by atoms with Crippen LogP contribution < -0.4 is 20.9 Å². The monoisotopic (exact) mass is 458 g/mol. The molecule has 3 N–H and O–H groups in total. The maximum atomic E-state index is 12.8. The zero-order chi connectivity index (χ0) is 24.7. The molecular weight excluding hydrogens is 428 g/mol. The van der Waals surface area contributed by atoms with Crippen molar-refractivity contribution >= 4 is 40.5 Å². The molecule has 176 valence electrons. The summed E-state index contributed by atoms with van der Waals surface area (Å²) < 4.78 is 0. The molecule has 0 atom stereocenters. The van der Waals surface area contributed by atoms with Gasteiger partial charge < -0.3 is 20.9 Å². The standard InChI is InChI=1S/C27H30N4O3/c1-27(2,3)26(34)30-22-13-9-11-20(17-22)28-18-24(32)29-21-12-8-10-19(16-21)25(33)31(4)23-14-6-5-7-15-23/h5-17,28H,18H2,1-4H3,(H,29,32)(H,30,34). The topological polar surface area (TPSA) is 90.5 Å². The van der Waals surface area contributed by atoms with Crippen LogP contribution in [0.15, 0.2) is 78.9 Å². The number of carbonyl (C=O) groups excluding carboxylic acids is 3. The molecule has 0 aromatic heterocycles. The van der Waals surface area contributed by atoms with Crippen molar-refractivity contribution in [3.8, 4) is 0 Å². The highest BCUT2D eigenvalue weighted by molar-refractivity contribution is 6.06. The summed E-state index contributed by atoms with van der Waals surface area (Å²) in [5.74, 6) is -0.519. The van der Waals surface area contributed by atoms with Gasteiger partial charge in [-0.1, -0.05) is 51.1 Å². The summed E-state index contributed by atoms with van der Waals surface area (Å²) in [6.45, 7) is 5.56. The van der Waals surface area contributed by atoms with Crippen molar-refractivity contribution in [2.75, 3.05) is 34.4 Å². The normalized spacial score (nSPS) is 10.8. The number of rotatable bonds is 7. The van der Waals surface area contributed by atoms with Gasteiger partial charge in [-0.15, -0.1) is 0 Å². The van der Waals surface area contributed by atoms with Crippen molar-refractivity contribution in [1.29, 1.82) is 0 Å². The van der Waals surface area contributed by atoms with Crippen LogP contribution in [0.3, 0.4) is 0 Å². The predicted octanol–water partition coefficient (Wildman–Crippen LogP) is 5.00. The van der Waals surface area contributed by atoms with Crippen LogP contribution in [0.5, 0.6) is 0 Å². The molecule has 0 heterocycles. The largest absolute Gasteiger partial charge is 0.376 e. The molecule has 0 saturated carbocycles. The SMILES string of the molecule is CN(C(=O)c1cccc(NC(=O)CNc2cccc(NC(=O)C(C)(C)C)c2)c1)c1ccccc1. The first-order chi connectivity index (χ1) is 16.1. The average Bonchev–Trinajstić information content (AvgIpc) is 2.82. The number of hydrogen-bond acceptors (Lipinski definition) is 4. The zero-order valence-corrected chi connectivity index (χ0v) is 19.9. The number of hydrogen-bond donors (Lipinski definition) is 3. The summed E-state index contributed by atoms with van der Waals surface area (Å²) in [7, 11) is 1.71. The average molecular weight is 459 g/mol. The molecule has 3 aromatic rings. The number of nitrogens with zero attached hydrogens (tertiary/aromatic N) is 1. The summed E-state index contributed by atoms with van der Waals surface area (Å²) >= 11 is 0. The van der Waals surface area contributed by atoms with Gasteiger partial charge in [0.2, 0.25) is 11.8 Å². The van der Waals surface area contributed by atoms with Crippen molar-refractivity contribution in [2.24, 2.45) is 5.41 Å². The molecule has 0 fully saturated rings. The number of amides is 3. The summed E-state index contributed by atoms with van der Waals surface area (Å²) in [5, 5.41) is 8.74. The molecule has 0 radical (unpaired) electrons. The van der Waals surface area contributed by atoms with Crippen LogP contribution in [0.2, 0.25) is 0 Å². The number of carbonyl (C=O) groups is 3. The zero-order valence-electron chi connectivity index (χ0n) is 19.9. The van der Waals surface area contributed by atoms with Crippen LogP contribution in [0, 0.1) is 5.41 Å². The summed E-state index contributed by atoms with van der Waals surface area (Å²) in [6.07, 6.45) is 0. The van der Waals surface area contributed by atoms with E-state index in [1.54, 1.807) is 54.4 Å². The third-order valence-corrected chi connectivity index (χ3v) is 5.10. The second-order valence-electron chi connectivity index (χ2n) is 8.97. The Balaban J connectivity index is 1.58. The number of anilines is 4. The molecule has 3 rings (SSSR count). The lowest BCUT2D eigenvalue weighted by Gasteiger charge is -2.18. The van der Waals surface area contributed by atoms with Crippen LogP contribution in [0.25, 0.3) is 0 Å². The van der Waals surface area contributed by atoms with E-state index in [4.69, 9.17) is 0 Å². The molecule has 0 aliphatic rings. The molecule has 0 spiro atoms. The van der Waals surface area contributed by atoms with Crippen molar-refractivity contribution in [2.45, 2.75) is 20.8 Å². The third-order valence-electron chi connectivity index (χ3n) is 5.10. The van der Waals surface area contributed by atoms with Gasteiger partial charge in [-0.3, -0.25) is 14.4 Å². The molecule has 7 heteroatoms. The Kier molecular flexibility index (Phi) is 7.68. The minimum absolute atomic E-state index is 0.0266. The van der Waals surface area contributed by atoms with Crippen LogP contribution >= 0.6 is 0 Å². The van der Waals surface area contributed by atoms with E-state index in [1.165, 1.54) is 0 Å². The number of nitrogens with one attached hydrogen (secondary N) is 3. The second kappa shape index (κ2) is 10.7. The lowest BCUT2D eigenvalue weighted by Crippen LogP contribution is -2.27. The van der Waals surface area contributed by atoms with Crippen molar-refractivity contribution in [3.63, 3.8) is 0 Å². The van der Waals surface area contributed by atoms with Gasteiger partial charge >= 0.3 is 0 Å². The Morgan fingerprint density at radius 3 is 2.06 bits per heavy atom. The molecule has 7 nitrogen and oxygen atoms in total. The highest BCUT2D eigenvalue weighted by atomic mass is 16.2. The third kappa shape index (κ3) is 6.68. The maximum Gasteiger partial charge on any atom is 0.258 e. The fraction of sp³-hybridized carbons (Fsp3) is 0.222. The first kappa shape index (κ1) is 24.5. The van der Waals surface area contributed by atoms with E-state index in [0.29, 0.717) is 22.6 Å². The van der Waals surface area contributed by atoms with E-state index in [0.717, 1.165) is 5.69 Å². The molecule has 0 unspecified atom stereocenters. The fourth-order valence-electron chi connectivity index (χ4n) is 3.11. The Morgan fingerprint density at radius 1 is 0.765 bits per heavy atom. The predicted molar refractivity (Wildman–Crippen MR) is 137 cm³/mol. The van der Waals surface area contributed by atoms with Gasteiger partial charge in [0.15, 0.2) is 0 Å². The van der Waals surface area contributed by atoms with Crippen LogP contribution in [0.1, 0.15) is 31.1 Å². The highest BCUT2D eigenvalue weighted by Crippen LogP contribution is 2.20. The quantitative estimate of drug-likeness (QED) is 0.465. The van der Waals surface area contributed by atoms with Crippen LogP contribution in [0.4, 0.5) is 22.7 Å². The lowest BCUT2D eigenvalue weighted by molar-refractivity contribution is -0.123. The van der Waals surface area contributed by atoms with Crippen molar-refractivity contribution < 1.29 is 14.4 Å². The lowest BCUT2D eigenvalue weighted by atomic mass is 9.95. The highest BCUT2D eigenvalue weighted by Gasteiger charge is 2.21. The molecule has 0 aliphatic carbocycles. The van der Waals surface area contributed by atoms with Crippen molar-refractivity contribution in [3.05, 3.63) is 84.4 Å². The molecule has 3 amide bonds. The molecule has 34 heavy (non-hydrogen) atoms.